The normalized spacial score (nSPS) is 13.7. The Balaban J connectivity index is 2.51. The fraction of sp³-hybridized carbons (Fsp3) is 0.562. The number of carbonyl (C=O) groups excluding carboxylic acids is 1. The van der Waals surface area contributed by atoms with E-state index in [0.29, 0.717) is 19.4 Å². The average molecular weight is 279 g/mol. The van der Waals surface area contributed by atoms with Crippen LogP contribution in [-0.4, -0.2) is 42.7 Å². The van der Waals surface area contributed by atoms with Crippen LogP contribution in [0.5, 0.6) is 5.75 Å². The smallest absolute Gasteiger partial charge is 0.222 e. The molecule has 0 saturated carbocycles. The Bertz CT molecular complexity index is 414. The van der Waals surface area contributed by atoms with Crippen molar-refractivity contribution in [1.82, 2.24) is 4.90 Å². The lowest BCUT2D eigenvalue weighted by molar-refractivity contribution is -0.130. The summed E-state index contributed by atoms with van der Waals surface area (Å²) in [6.45, 7) is 4.37. The standard InChI is InChI=1S/C16H25NO3/c1-12(14-5-7-15(20-4)8-6-14)11-16(19)17(3)10-9-13(2)18/h5-8,12-13,18H,9-11H2,1-4H3. The van der Waals surface area contributed by atoms with Crippen molar-refractivity contribution in [1.29, 1.82) is 0 Å². The summed E-state index contributed by atoms with van der Waals surface area (Å²) in [7, 11) is 3.42. The van der Waals surface area contributed by atoms with E-state index in [-0.39, 0.29) is 17.9 Å². The third kappa shape index (κ3) is 5.21. The lowest BCUT2D eigenvalue weighted by atomic mass is 9.97. The summed E-state index contributed by atoms with van der Waals surface area (Å²) in [4.78, 5) is 13.8. The van der Waals surface area contributed by atoms with Gasteiger partial charge in [0.2, 0.25) is 5.91 Å². The van der Waals surface area contributed by atoms with Gasteiger partial charge in [0.25, 0.3) is 0 Å². The van der Waals surface area contributed by atoms with E-state index in [1.807, 2.05) is 31.2 Å². The molecule has 2 atom stereocenters. The van der Waals surface area contributed by atoms with Gasteiger partial charge < -0.3 is 14.7 Å². The molecule has 0 saturated heterocycles. The highest BCUT2D eigenvalue weighted by molar-refractivity contribution is 5.76. The molecule has 1 aromatic carbocycles. The van der Waals surface area contributed by atoms with Gasteiger partial charge in [0.1, 0.15) is 5.75 Å². The highest BCUT2D eigenvalue weighted by Crippen LogP contribution is 2.22. The maximum absolute atomic E-state index is 12.1. The molecule has 20 heavy (non-hydrogen) atoms. The zero-order valence-corrected chi connectivity index (χ0v) is 12.8. The minimum Gasteiger partial charge on any atom is -0.497 e. The Kier molecular flexibility index (Phi) is 6.52. The molecule has 0 aliphatic rings. The van der Waals surface area contributed by atoms with Crippen molar-refractivity contribution in [2.45, 2.75) is 38.7 Å². The first-order valence-electron chi connectivity index (χ1n) is 7.00. The van der Waals surface area contributed by atoms with Crippen LogP contribution in [0.1, 0.15) is 38.2 Å². The summed E-state index contributed by atoms with van der Waals surface area (Å²) in [6, 6.07) is 7.81. The van der Waals surface area contributed by atoms with Gasteiger partial charge in [-0.05, 0) is 37.0 Å². The molecule has 0 aliphatic heterocycles. The number of rotatable bonds is 7. The molecule has 0 aromatic heterocycles. The summed E-state index contributed by atoms with van der Waals surface area (Å²) >= 11 is 0. The highest BCUT2D eigenvalue weighted by atomic mass is 16.5. The molecular formula is C16H25NO3. The third-order valence-corrected chi connectivity index (χ3v) is 3.47. The fourth-order valence-corrected chi connectivity index (χ4v) is 1.97. The van der Waals surface area contributed by atoms with Crippen LogP contribution in [0.4, 0.5) is 0 Å². The van der Waals surface area contributed by atoms with Gasteiger partial charge in [-0.25, -0.2) is 0 Å². The van der Waals surface area contributed by atoms with Crippen molar-refractivity contribution >= 4 is 5.91 Å². The first kappa shape index (κ1) is 16.5. The molecule has 112 valence electrons. The number of nitrogens with zero attached hydrogens (tertiary/aromatic N) is 1. The summed E-state index contributed by atoms with van der Waals surface area (Å²) in [6.07, 6.45) is 0.714. The second-order valence-corrected chi connectivity index (χ2v) is 5.33. The molecule has 2 unspecified atom stereocenters. The van der Waals surface area contributed by atoms with Crippen LogP contribution < -0.4 is 4.74 Å². The molecule has 0 spiro atoms. The predicted octanol–water partition coefficient (Wildman–Crippen LogP) is 2.42. The summed E-state index contributed by atoms with van der Waals surface area (Å²) in [5.41, 5.74) is 1.13. The number of ether oxygens (including phenoxy) is 1. The lowest BCUT2D eigenvalue weighted by Gasteiger charge is -2.20. The van der Waals surface area contributed by atoms with Crippen LogP contribution in [0.3, 0.4) is 0 Å². The molecule has 0 fully saturated rings. The molecule has 1 amide bonds. The number of methoxy groups -OCH3 is 1. The van der Waals surface area contributed by atoms with Crippen molar-refractivity contribution in [2.75, 3.05) is 20.7 Å². The third-order valence-electron chi connectivity index (χ3n) is 3.47. The maximum atomic E-state index is 12.1. The van der Waals surface area contributed by atoms with Gasteiger partial charge in [0.05, 0.1) is 13.2 Å². The Labute approximate surface area is 121 Å². The van der Waals surface area contributed by atoms with E-state index in [2.05, 4.69) is 0 Å². The minimum absolute atomic E-state index is 0.106. The average Bonchev–Trinajstić information content (AvgIpc) is 2.44. The zero-order valence-electron chi connectivity index (χ0n) is 12.8. The summed E-state index contributed by atoms with van der Waals surface area (Å²) < 4.78 is 5.12. The number of carbonyl (C=O) groups is 1. The molecular weight excluding hydrogens is 254 g/mol. The highest BCUT2D eigenvalue weighted by Gasteiger charge is 2.15. The van der Waals surface area contributed by atoms with E-state index in [9.17, 15) is 9.90 Å². The van der Waals surface area contributed by atoms with Gasteiger partial charge in [0, 0.05) is 20.0 Å². The number of hydrogen-bond acceptors (Lipinski definition) is 3. The first-order valence-corrected chi connectivity index (χ1v) is 7.00. The van der Waals surface area contributed by atoms with Gasteiger partial charge in [0.15, 0.2) is 0 Å². The van der Waals surface area contributed by atoms with Gasteiger partial charge in [-0.15, -0.1) is 0 Å². The maximum Gasteiger partial charge on any atom is 0.222 e. The molecule has 0 heterocycles. The van der Waals surface area contributed by atoms with Crippen molar-refractivity contribution in [3.8, 4) is 5.75 Å². The van der Waals surface area contributed by atoms with Crippen LogP contribution in [0.2, 0.25) is 0 Å². The van der Waals surface area contributed by atoms with Gasteiger partial charge in [-0.1, -0.05) is 19.1 Å². The van der Waals surface area contributed by atoms with Crippen molar-refractivity contribution in [3.05, 3.63) is 29.8 Å². The van der Waals surface area contributed by atoms with E-state index in [4.69, 9.17) is 4.74 Å². The van der Waals surface area contributed by atoms with Crippen molar-refractivity contribution in [3.63, 3.8) is 0 Å². The first-order chi connectivity index (χ1) is 9.43. The molecule has 4 nitrogen and oxygen atoms in total. The Morgan fingerprint density at radius 3 is 2.40 bits per heavy atom. The Morgan fingerprint density at radius 2 is 1.90 bits per heavy atom. The van der Waals surface area contributed by atoms with E-state index in [1.165, 1.54) is 0 Å². The van der Waals surface area contributed by atoms with Crippen LogP contribution in [0.25, 0.3) is 0 Å². The predicted molar refractivity (Wildman–Crippen MR) is 80.0 cm³/mol. The number of benzene rings is 1. The largest absolute Gasteiger partial charge is 0.497 e. The topological polar surface area (TPSA) is 49.8 Å². The van der Waals surface area contributed by atoms with Gasteiger partial charge in [-0.2, -0.15) is 0 Å². The van der Waals surface area contributed by atoms with Crippen LogP contribution in [-0.2, 0) is 4.79 Å². The second kappa shape index (κ2) is 7.90. The van der Waals surface area contributed by atoms with E-state index < -0.39 is 0 Å². The van der Waals surface area contributed by atoms with Gasteiger partial charge in [-0.3, -0.25) is 4.79 Å². The van der Waals surface area contributed by atoms with Crippen molar-refractivity contribution < 1.29 is 14.6 Å². The van der Waals surface area contributed by atoms with Crippen LogP contribution in [0.15, 0.2) is 24.3 Å². The monoisotopic (exact) mass is 279 g/mol. The molecule has 1 N–H and O–H groups in total. The molecule has 0 aliphatic carbocycles. The quantitative estimate of drug-likeness (QED) is 0.834. The van der Waals surface area contributed by atoms with Crippen LogP contribution >= 0.6 is 0 Å². The molecule has 1 rings (SSSR count). The molecule has 0 bridgehead atoms. The van der Waals surface area contributed by atoms with Crippen molar-refractivity contribution in [2.24, 2.45) is 0 Å². The fourth-order valence-electron chi connectivity index (χ4n) is 1.97. The van der Waals surface area contributed by atoms with E-state index in [0.717, 1.165) is 11.3 Å². The number of amides is 1. The number of hydrogen-bond donors (Lipinski definition) is 1. The van der Waals surface area contributed by atoms with E-state index in [1.54, 1.807) is 26.0 Å². The lowest BCUT2D eigenvalue weighted by Crippen LogP contribution is -2.30. The molecule has 4 heteroatoms. The molecule has 1 aromatic rings. The number of aliphatic hydroxyl groups excluding tert-OH is 1. The number of aliphatic hydroxyl groups is 1. The van der Waals surface area contributed by atoms with Gasteiger partial charge >= 0.3 is 0 Å². The van der Waals surface area contributed by atoms with Crippen LogP contribution in [0, 0.1) is 0 Å². The zero-order chi connectivity index (χ0) is 15.1. The van der Waals surface area contributed by atoms with E-state index >= 15 is 0 Å². The second-order valence-electron chi connectivity index (χ2n) is 5.33. The minimum atomic E-state index is -0.371. The summed E-state index contributed by atoms with van der Waals surface area (Å²) in [5.74, 6) is 1.10. The molecule has 0 radical (unpaired) electrons. The summed E-state index contributed by atoms with van der Waals surface area (Å²) in [5, 5.41) is 9.24. The Hall–Kier alpha value is -1.55. The SMILES string of the molecule is COc1ccc(C(C)CC(=O)N(C)CCC(C)O)cc1. The Morgan fingerprint density at radius 1 is 1.30 bits per heavy atom.